The van der Waals surface area contributed by atoms with Crippen LogP contribution in [0.15, 0.2) is 0 Å². The molecule has 0 saturated carbocycles. The summed E-state index contributed by atoms with van der Waals surface area (Å²) in [6, 6.07) is 2.08. The standard InChI is InChI=1S/C9H17NO/c1-2-3-4-5-6-9(7-10)8-11/h9,11H,2-6,8H2,1H3. The van der Waals surface area contributed by atoms with Crippen LogP contribution in [0.5, 0.6) is 0 Å². The lowest BCUT2D eigenvalue weighted by molar-refractivity contribution is 0.247. The fourth-order valence-electron chi connectivity index (χ4n) is 1.01. The lowest BCUT2D eigenvalue weighted by Gasteiger charge is -2.03. The topological polar surface area (TPSA) is 44.0 Å². The molecule has 0 saturated heterocycles. The molecule has 0 aliphatic heterocycles. The molecule has 0 fully saturated rings. The van der Waals surface area contributed by atoms with Crippen molar-refractivity contribution in [2.75, 3.05) is 6.61 Å². The zero-order valence-corrected chi connectivity index (χ0v) is 7.21. The van der Waals surface area contributed by atoms with Crippen molar-refractivity contribution in [2.24, 2.45) is 5.92 Å². The second kappa shape index (κ2) is 7.56. The van der Waals surface area contributed by atoms with E-state index in [1.165, 1.54) is 19.3 Å². The van der Waals surface area contributed by atoms with Gasteiger partial charge in [0, 0.05) is 0 Å². The third-order valence-electron chi connectivity index (χ3n) is 1.81. The van der Waals surface area contributed by atoms with E-state index in [1.807, 2.05) is 0 Å². The molecule has 0 rings (SSSR count). The molecule has 0 aromatic rings. The van der Waals surface area contributed by atoms with Crippen LogP contribution in [0.2, 0.25) is 0 Å². The predicted molar refractivity (Wildman–Crippen MR) is 44.9 cm³/mol. The van der Waals surface area contributed by atoms with Crippen molar-refractivity contribution in [2.45, 2.75) is 39.0 Å². The summed E-state index contributed by atoms with van der Waals surface area (Å²) in [6.07, 6.45) is 5.58. The first-order valence-electron chi connectivity index (χ1n) is 4.35. The van der Waals surface area contributed by atoms with E-state index in [9.17, 15) is 0 Å². The fraction of sp³-hybridized carbons (Fsp3) is 0.889. The summed E-state index contributed by atoms with van der Waals surface area (Å²) < 4.78 is 0. The highest BCUT2D eigenvalue weighted by molar-refractivity contribution is 4.81. The van der Waals surface area contributed by atoms with Crippen LogP contribution in [0, 0.1) is 17.2 Å². The van der Waals surface area contributed by atoms with Crippen molar-refractivity contribution < 1.29 is 5.11 Å². The van der Waals surface area contributed by atoms with Gasteiger partial charge in [0.1, 0.15) is 0 Å². The molecule has 1 unspecified atom stereocenters. The zero-order chi connectivity index (χ0) is 8.53. The molecular formula is C9H17NO. The smallest absolute Gasteiger partial charge is 0.0694 e. The minimum absolute atomic E-state index is 0.0165. The molecule has 2 nitrogen and oxygen atoms in total. The number of unbranched alkanes of at least 4 members (excludes halogenated alkanes) is 3. The molecule has 1 N–H and O–H groups in total. The normalized spacial score (nSPS) is 12.5. The monoisotopic (exact) mass is 155 g/mol. The third kappa shape index (κ3) is 5.87. The van der Waals surface area contributed by atoms with Gasteiger partial charge in [0.05, 0.1) is 18.6 Å². The molecule has 11 heavy (non-hydrogen) atoms. The van der Waals surface area contributed by atoms with E-state index in [4.69, 9.17) is 10.4 Å². The van der Waals surface area contributed by atoms with Crippen LogP contribution in [0.4, 0.5) is 0 Å². The van der Waals surface area contributed by atoms with Crippen molar-refractivity contribution in [3.8, 4) is 6.07 Å². The van der Waals surface area contributed by atoms with Gasteiger partial charge in [-0.05, 0) is 6.42 Å². The Labute approximate surface area is 68.8 Å². The largest absolute Gasteiger partial charge is 0.395 e. The van der Waals surface area contributed by atoms with Crippen LogP contribution < -0.4 is 0 Å². The van der Waals surface area contributed by atoms with Gasteiger partial charge in [0.15, 0.2) is 0 Å². The van der Waals surface area contributed by atoms with Gasteiger partial charge in [-0.2, -0.15) is 5.26 Å². The molecule has 0 spiro atoms. The van der Waals surface area contributed by atoms with Gasteiger partial charge in [0.2, 0.25) is 0 Å². The maximum absolute atomic E-state index is 8.66. The number of rotatable bonds is 6. The van der Waals surface area contributed by atoms with Crippen molar-refractivity contribution in [1.29, 1.82) is 5.26 Å². The van der Waals surface area contributed by atoms with Crippen LogP contribution in [0.3, 0.4) is 0 Å². The zero-order valence-electron chi connectivity index (χ0n) is 7.21. The third-order valence-corrected chi connectivity index (χ3v) is 1.81. The first-order valence-corrected chi connectivity index (χ1v) is 4.35. The molecule has 64 valence electrons. The first-order chi connectivity index (χ1) is 5.35. The van der Waals surface area contributed by atoms with Crippen LogP contribution >= 0.6 is 0 Å². The van der Waals surface area contributed by atoms with Gasteiger partial charge < -0.3 is 5.11 Å². The fourth-order valence-corrected chi connectivity index (χ4v) is 1.01. The SMILES string of the molecule is CCCCCCC(C#N)CO. The van der Waals surface area contributed by atoms with Gasteiger partial charge in [-0.15, -0.1) is 0 Å². The Morgan fingerprint density at radius 3 is 2.55 bits per heavy atom. The highest BCUT2D eigenvalue weighted by atomic mass is 16.3. The number of aliphatic hydroxyl groups excluding tert-OH is 1. The van der Waals surface area contributed by atoms with Gasteiger partial charge in [-0.3, -0.25) is 0 Å². The number of nitrogens with zero attached hydrogens (tertiary/aromatic N) is 1. The molecule has 1 atom stereocenters. The average molecular weight is 155 g/mol. The van der Waals surface area contributed by atoms with Crippen LogP contribution in [0.25, 0.3) is 0 Å². The molecule has 0 aliphatic carbocycles. The maximum atomic E-state index is 8.66. The molecule has 0 radical (unpaired) electrons. The molecule has 0 bridgehead atoms. The summed E-state index contributed by atoms with van der Waals surface area (Å²) in [5.74, 6) is -0.133. The Kier molecular flexibility index (Phi) is 7.18. The van der Waals surface area contributed by atoms with Gasteiger partial charge in [-0.25, -0.2) is 0 Å². The molecule has 0 amide bonds. The van der Waals surface area contributed by atoms with E-state index in [2.05, 4.69) is 13.0 Å². The molecule has 0 heterocycles. The quantitative estimate of drug-likeness (QED) is 0.597. The Hall–Kier alpha value is -0.550. The van der Waals surface area contributed by atoms with Crippen molar-refractivity contribution in [3.05, 3.63) is 0 Å². The van der Waals surface area contributed by atoms with Crippen molar-refractivity contribution in [1.82, 2.24) is 0 Å². The summed E-state index contributed by atoms with van der Waals surface area (Å²) in [5.41, 5.74) is 0. The number of aliphatic hydroxyl groups is 1. The van der Waals surface area contributed by atoms with E-state index in [0.717, 1.165) is 12.8 Å². The Morgan fingerprint density at radius 2 is 2.09 bits per heavy atom. The van der Waals surface area contributed by atoms with E-state index in [-0.39, 0.29) is 12.5 Å². The van der Waals surface area contributed by atoms with E-state index >= 15 is 0 Å². The predicted octanol–water partition coefficient (Wildman–Crippen LogP) is 2.09. The van der Waals surface area contributed by atoms with Crippen LogP contribution in [-0.2, 0) is 0 Å². The molecule has 2 heteroatoms. The van der Waals surface area contributed by atoms with E-state index < -0.39 is 0 Å². The number of hydrogen-bond donors (Lipinski definition) is 1. The van der Waals surface area contributed by atoms with Crippen molar-refractivity contribution in [3.63, 3.8) is 0 Å². The Morgan fingerprint density at radius 1 is 1.36 bits per heavy atom. The second-order valence-electron chi connectivity index (χ2n) is 2.86. The summed E-state index contributed by atoms with van der Waals surface area (Å²) in [7, 11) is 0. The average Bonchev–Trinajstić information content (AvgIpc) is 2.05. The minimum atomic E-state index is -0.133. The number of hydrogen-bond acceptors (Lipinski definition) is 2. The second-order valence-corrected chi connectivity index (χ2v) is 2.86. The van der Waals surface area contributed by atoms with E-state index in [0.29, 0.717) is 0 Å². The first kappa shape index (κ1) is 10.4. The molecule has 0 aromatic carbocycles. The minimum Gasteiger partial charge on any atom is -0.395 e. The summed E-state index contributed by atoms with van der Waals surface area (Å²) in [6.45, 7) is 2.18. The van der Waals surface area contributed by atoms with E-state index in [1.54, 1.807) is 0 Å². The van der Waals surface area contributed by atoms with Crippen LogP contribution in [-0.4, -0.2) is 11.7 Å². The summed E-state index contributed by atoms with van der Waals surface area (Å²) in [5, 5.41) is 17.1. The Bertz CT molecular complexity index is 117. The summed E-state index contributed by atoms with van der Waals surface area (Å²) >= 11 is 0. The highest BCUT2D eigenvalue weighted by Crippen LogP contribution is 2.09. The maximum Gasteiger partial charge on any atom is 0.0694 e. The molecule has 0 aliphatic rings. The lowest BCUT2D eigenvalue weighted by Crippen LogP contribution is -2.02. The van der Waals surface area contributed by atoms with Gasteiger partial charge in [0.25, 0.3) is 0 Å². The van der Waals surface area contributed by atoms with Crippen molar-refractivity contribution >= 4 is 0 Å². The molecule has 0 aromatic heterocycles. The summed E-state index contributed by atoms with van der Waals surface area (Å²) in [4.78, 5) is 0. The number of nitriles is 1. The highest BCUT2D eigenvalue weighted by Gasteiger charge is 2.03. The van der Waals surface area contributed by atoms with Gasteiger partial charge in [-0.1, -0.05) is 32.6 Å². The van der Waals surface area contributed by atoms with Crippen LogP contribution in [0.1, 0.15) is 39.0 Å². The molecular weight excluding hydrogens is 138 g/mol. The lowest BCUT2D eigenvalue weighted by atomic mass is 10.0. The Balaban J connectivity index is 3.16. The van der Waals surface area contributed by atoms with Gasteiger partial charge >= 0.3 is 0 Å².